The Kier molecular flexibility index (Phi) is 5.74. The third-order valence-electron chi connectivity index (χ3n) is 12.1. The van der Waals surface area contributed by atoms with Gasteiger partial charge in [-0.15, -0.1) is 0 Å². The highest BCUT2D eigenvalue weighted by Gasteiger charge is 2.42. The van der Waals surface area contributed by atoms with Crippen LogP contribution in [0.15, 0.2) is 115 Å². The molecule has 10 rings (SSSR count). The van der Waals surface area contributed by atoms with Gasteiger partial charge in [0.1, 0.15) is 0 Å². The second kappa shape index (κ2) is 9.61. The van der Waals surface area contributed by atoms with E-state index in [0.29, 0.717) is 0 Å². The molecular formula is C47H43BN2. The van der Waals surface area contributed by atoms with Gasteiger partial charge < -0.3 is 9.13 Å². The van der Waals surface area contributed by atoms with Crippen LogP contribution in [0.2, 0.25) is 0 Å². The minimum Gasteiger partial charge on any atom is -0.310 e. The molecule has 50 heavy (non-hydrogen) atoms. The van der Waals surface area contributed by atoms with Gasteiger partial charge in [-0.3, -0.25) is 0 Å². The molecule has 2 aliphatic heterocycles. The Labute approximate surface area is 295 Å². The fourth-order valence-corrected chi connectivity index (χ4v) is 9.23. The third kappa shape index (κ3) is 3.81. The second-order valence-electron chi connectivity index (χ2n) is 17.5. The predicted molar refractivity (Wildman–Crippen MR) is 216 cm³/mol. The maximum Gasteiger partial charge on any atom is 0.252 e. The molecule has 0 bridgehead atoms. The number of hydrogen-bond donors (Lipinski definition) is 0. The molecule has 0 amide bonds. The van der Waals surface area contributed by atoms with Crippen LogP contribution in [0.4, 0.5) is 0 Å². The van der Waals surface area contributed by atoms with Gasteiger partial charge in [-0.2, -0.15) is 0 Å². The quantitative estimate of drug-likeness (QED) is 0.166. The predicted octanol–water partition coefficient (Wildman–Crippen LogP) is 9.94. The van der Waals surface area contributed by atoms with E-state index in [4.69, 9.17) is 0 Å². The zero-order valence-corrected chi connectivity index (χ0v) is 30.4. The summed E-state index contributed by atoms with van der Waals surface area (Å²) in [5.74, 6) is 0. The standard InChI is InChI=1S/C47H43BN2/c1-45(2,3)29-21-22-39-34(23-29)35-24-30(46(4,5)6)25-37-44(35)50(39)41-27-31(47(7,8)28-15-10-9-11-16-28)26-40-42(41)48(37)36-19-14-18-33-32-17-12-13-20-38(32)49(40)43(33)36/h9-27H,1-8H3. The van der Waals surface area contributed by atoms with Crippen molar-refractivity contribution in [1.82, 2.24) is 9.13 Å². The third-order valence-corrected chi connectivity index (χ3v) is 12.1. The molecule has 0 aliphatic carbocycles. The molecule has 2 aliphatic rings. The van der Waals surface area contributed by atoms with Gasteiger partial charge in [0, 0.05) is 49.4 Å². The number of aromatic nitrogens is 2. The van der Waals surface area contributed by atoms with Gasteiger partial charge in [0.15, 0.2) is 0 Å². The number of nitrogens with zero attached hydrogens (tertiary/aromatic N) is 2. The molecule has 2 nitrogen and oxygen atoms in total. The Morgan fingerprint density at radius 2 is 1.02 bits per heavy atom. The van der Waals surface area contributed by atoms with Crippen LogP contribution in [0.3, 0.4) is 0 Å². The fraction of sp³-hybridized carbons (Fsp3) is 0.234. The zero-order chi connectivity index (χ0) is 34.5. The summed E-state index contributed by atoms with van der Waals surface area (Å²) in [6.07, 6.45) is 0. The molecule has 0 N–H and O–H groups in total. The smallest absolute Gasteiger partial charge is 0.252 e. The van der Waals surface area contributed by atoms with E-state index in [0.717, 1.165) is 0 Å². The van der Waals surface area contributed by atoms with Gasteiger partial charge in [0.25, 0.3) is 6.71 Å². The van der Waals surface area contributed by atoms with Crippen molar-refractivity contribution >= 4 is 66.7 Å². The highest BCUT2D eigenvalue weighted by Crippen LogP contribution is 2.43. The lowest BCUT2D eigenvalue weighted by molar-refractivity contribution is 0.590. The highest BCUT2D eigenvalue weighted by atomic mass is 15.0. The van der Waals surface area contributed by atoms with Gasteiger partial charge >= 0.3 is 0 Å². The van der Waals surface area contributed by atoms with Crippen LogP contribution in [0.5, 0.6) is 0 Å². The van der Waals surface area contributed by atoms with Crippen molar-refractivity contribution in [2.24, 2.45) is 0 Å². The topological polar surface area (TPSA) is 9.86 Å². The van der Waals surface area contributed by atoms with Crippen molar-refractivity contribution < 1.29 is 0 Å². The number of fused-ring (bicyclic) bond motifs is 10. The van der Waals surface area contributed by atoms with Gasteiger partial charge in [-0.05, 0) is 85.9 Å². The minimum absolute atomic E-state index is 0.00297. The molecule has 8 aromatic rings. The summed E-state index contributed by atoms with van der Waals surface area (Å²) in [6, 6.07) is 44.4. The maximum atomic E-state index is 2.63. The summed E-state index contributed by atoms with van der Waals surface area (Å²) in [4.78, 5) is 0. The summed E-state index contributed by atoms with van der Waals surface area (Å²) in [5.41, 5.74) is 17.4. The van der Waals surface area contributed by atoms with Crippen molar-refractivity contribution in [2.75, 3.05) is 0 Å². The van der Waals surface area contributed by atoms with Crippen molar-refractivity contribution in [1.29, 1.82) is 0 Å². The lowest BCUT2D eigenvalue weighted by atomic mass is 9.34. The first-order valence-corrected chi connectivity index (χ1v) is 18.2. The van der Waals surface area contributed by atoms with Crippen molar-refractivity contribution in [3.63, 3.8) is 0 Å². The summed E-state index contributed by atoms with van der Waals surface area (Å²) >= 11 is 0. The number of benzene rings is 6. The number of para-hydroxylation sites is 2. The van der Waals surface area contributed by atoms with Crippen LogP contribution >= 0.6 is 0 Å². The normalized spacial score (nSPS) is 14.0. The first kappa shape index (κ1) is 29.9. The van der Waals surface area contributed by atoms with Crippen LogP contribution < -0.4 is 16.4 Å². The van der Waals surface area contributed by atoms with Crippen LogP contribution in [0.25, 0.3) is 55.0 Å². The van der Waals surface area contributed by atoms with Crippen molar-refractivity contribution in [3.8, 4) is 11.4 Å². The molecule has 0 atom stereocenters. The van der Waals surface area contributed by atoms with Gasteiger partial charge in [-0.25, -0.2) is 0 Å². The average Bonchev–Trinajstić information content (AvgIpc) is 3.61. The van der Waals surface area contributed by atoms with E-state index >= 15 is 0 Å². The molecule has 2 aromatic heterocycles. The molecule has 0 saturated carbocycles. The van der Waals surface area contributed by atoms with E-state index in [1.54, 1.807) is 0 Å². The Morgan fingerprint density at radius 1 is 0.420 bits per heavy atom. The molecule has 4 heterocycles. The molecule has 0 unspecified atom stereocenters. The zero-order valence-electron chi connectivity index (χ0n) is 30.4. The van der Waals surface area contributed by atoms with E-state index in [9.17, 15) is 0 Å². The molecule has 6 aromatic carbocycles. The Morgan fingerprint density at radius 3 is 1.72 bits per heavy atom. The monoisotopic (exact) mass is 646 g/mol. The Hall–Kier alpha value is -5.02. The number of rotatable bonds is 2. The summed E-state index contributed by atoms with van der Waals surface area (Å²) < 4.78 is 5.23. The summed E-state index contributed by atoms with van der Waals surface area (Å²) in [7, 11) is 0. The maximum absolute atomic E-state index is 2.63. The van der Waals surface area contributed by atoms with Crippen LogP contribution in [0.1, 0.15) is 77.6 Å². The van der Waals surface area contributed by atoms with Gasteiger partial charge in [0.2, 0.25) is 0 Å². The highest BCUT2D eigenvalue weighted by molar-refractivity contribution is 7.00. The molecule has 3 heteroatoms. The Balaban J connectivity index is 1.44. The van der Waals surface area contributed by atoms with Crippen LogP contribution in [-0.2, 0) is 16.2 Å². The second-order valence-corrected chi connectivity index (χ2v) is 17.5. The van der Waals surface area contributed by atoms with Crippen molar-refractivity contribution in [3.05, 3.63) is 138 Å². The van der Waals surface area contributed by atoms with Crippen molar-refractivity contribution in [2.45, 2.75) is 71.6 Å². The molecule has 0 saturated heterocycles. The lowest BCUT2D eigenvalue weighted by Crippen LogP contribution is -2.59. The molecule has 244 valence electrons. The summed E-state index contributed by atoms with van der Waals surface area (Å²) in [5, 5.41) is 5.37. The SMILES string of the molecule is CC(C)(C)c1ccc2c(c1)c1cc(C(C)(C)C)cc3c1n2-c1cc(C(C)(C)c2ccccc2)cc2c1B3c1cccc3c4ccccc4n-2c13. The first-order valence-electron chi connectivity index (χ1n) is 18.2. The molecule has 0 radical (unpaired) electrons. The van der Waals surface area contributed by atoms with Crippen LogP contribution in [-0.4, -0.2) is 15.8 Å². The molecule has 0 spiro atoms. The average molecular weight is 647 g/mol. The summed E-state index contributed by atoms with van der Waals surface area (Å²) in [6.45, 7) is 19.0. The number of hydrogen-bond acceptors (Lipinski definition) is 0. The minimum atomic E-state index is -0.209. The molecule has 0 fully saturated rings. The van der Waals surface area contributed by atoms with Crippen LogP contribution in [0, 0.1) is 0 Å². The molecular weight excluding hydrogens is 603 g/mol. The van der Waals surface area contributed by atoms with E-state index in [1.807, 2.05) is 0 Å². The van der Waals surface area contributed by atoms with Gasteiger partial charge in [-0.1, -0.05) is 134 Å². The Bertz CT molecular complexity index is 2740. The van der Waals surface area contributed by atoms with Gasteiger partial charge in [0.05, 0.1) is 11.0 Å². The fourth-order valence-electron chi connectivity index (χ4n) is 9.23. The first-order chi connectivity index (χ1) is 23.8. The van der Waals surface area contributed by atoms with E-state index in [2.05, 4.69) is 180 Å². The van der Waals surface area contributed by atoms with E-state index in [1.165, 1.54) is 93.6 Å². The lowest BCUT2D eigenvalue weighted by Gasteiger charge is -2.37. The van der Waals surface area contributed by atoms with E-state index < -0.39 is 0 Å². The largest absolute Gasteiger partial charge is 0.310 e. The van der Waals surface area contributed by atoms with E-state index in [-0.39, 0.29) is 23.0 Å².